The van der Waals surface area contributed by atoms with E-state index in [1.165, 1.54) is 0 Å². The Bertz CT molecular complexity index is 208. The molecule has 0 aromatic rings. The molecule has 0 rings (SSSR count). The third kappa shape index (κ3) is 12.0. The summed E-state index contributed by atoms with van der Waals surface area (Å²) in [6.07, 6.45) is 3.40. The number of carbonyl (C=O) groups excluding carboxylic acids is 1. The van der Waals surface area contributed by atoms with Crippen LogP contribution in [-0.2, 0) is 18.9 Å². The van der Waals surface area contributed by atoms with E-state index >= 15 is 0 Å². The normalized spacial score (nSPS) is 12.2. The first-order chi connectivity index (χ1) is 9.24. The maximum atomic E-state index is 10.9. The van der Waals surface area contributed by atoms with Crippen LogP contribution in [0.1, 0.15) is 46.5 Å². The highest BCUT2D eigenvalue weighted by Gasteiger charge is 2.06. The molecule has 0 aliphatic rings. The molecule has 0 aliphatic heterocycles. The molecule has 5 nitrogen and oxygen atoms in total. The van der Waals surface area contributed by atoms with Crippen LogP contribution in [0.5, 0.6) is 0 Å². The minimum Gasteiger partial charge on any atom is -0.435 e. The van der Waals surface area contributed by atoms with Crippen molar-refractivity contribution in [3.05, 3.63) is 0 Å². The highest BCUT2D eigenvalue weighted by Crippen LogP contribution is 2.01. The molecular formula is C14H28O5. The van der Waals surface area contributed by atoms with Crippen LogP contribution < -0.4 is 0 Å². The molecule has 0 fully saturated rings. The lowest BCUT2D eigenvalue weighted by Gasteiger charge is -2.16. The number of carbonyl (C=O) groups is 1. The first kappa shape index (κ1) is 18.2. The van der Waals surface area contributed by atoms with Crippen LogP contribution in [0.2, 0.25) is 0 Å². The van der Waals surface area contributed by atoms with Gasteiger partial charge in [0.25, 0.3) is 0 Å². The first-order valence-corrected chi connectivity index (χ1v) is 7.23. The molecule has 0 N–H and O–H groups in total. The fourth-order valence-corrected chi connectivity index (χ4v) is 1.37. The second-order valence-corrected chi connectivity index (χ2v) is 4.21. The Morgan fingerprint density at radius 3 is 2.42 bits per heavy atom. The molecule has 5 heteroatoms. The summed E-state index contributed by atoms with van der Waals surface area (Å²) >= 11 is 0. The van der Waals surface area contributed by atoms with Gasteiger partial charge in [0.15, 0.2) is 0 Å². The Kier molecular flexibility index (Phi) is 13.0. The van der Waals surface area contributed by atoms with Crippen LogP contribution >= 0.6 is 0 Å². The van der Waals surface area contributed by atoms with E-state index in [-0.39, 0.29) is 6.10 Å². The van der Waals surface area contributed by atoms with Gasteiger partial charge in [-0.25, -0.2) is 4.79 Å². The summed E-state index contributed by atoms with van der Waals surface area (Å²) in [7, 11) is 0. The standard InChI is InChI=1S/C14H28O5/c1-4-7-10-18-13(5-2)12-16-9-8-11-19-14(15)17-6-3/h13H,4-12H2,1-3H3. The minimum absolute atomic E-state index is 0.164. The van der Waals surface area contributed by atoms with Gasteiger partial charge in [0.05, 0.1) is 25.9 Å². The van der Waals surface area contributed by atoms with Crippen molar-refractivity contribution >= 4 is 6.16 Å². The average Bonchev–Trinajstić information content (AvgIpc) is 2.41. The summed E-state index contributed by atoms with van der Waals surface area (Å²) in [5.41, 5.74) is 0. The summed E-state index contributed by atoms with van der Waals surface area (Å²) in [4.78, 5) is 10.9. The Labute approximate surface area is 116 Å². The van der Waals surface area contributed by atoms with E-state index in [0.29, 0.717) is 32.8 Å². The van der Waals surface area contributed by atoms with Gasteiger partial charge in [-0.3, -0.25) is 0 Å². The topological polar surface area (TPSA) is 54.0 Å². The average molecular weight is 276 g/mol. The van der Waals surface area contributed by atoms with E-state index in [4.69, 9.17) is 14.2 Å². The Morgan fingerprint density at radius 1 is 1.00 bits per heavy atom. The zero-order chi connectivity index (χ0) is 14.3. The summed E-state index contributed by atoms with van der Waals surface area (Å²) in [6.45, 7) is 8.59. The fraction of sp³-hybridized carbons (Fsp3) is 0.929. The van der Waals surface area contributed by atoms with E-state index < -0.39 is 6.16 Å². The quantitative estimate of drug-likeness (QED) is 0.405. The number of rotatable bonds is 12. The van der Waals surface area contributed by atoms with Crippen molar-refractivity contribution in [1.29, 1.82) is 0 Å². The molecule has 1 unspecified atom stereocenters. The molecule has 1 atom stereocenters. The first-order valence-electron chi connectivity index (χ1n) is 7.23. The maximum absolute atomic E-state index is 10.9. The molecule has 114 valence electrons. The van der Waals surface area contributed by atoms with Crippen molar-refractivity contribution < 1.29 is 23.7 Å². The van der Waals surface area contributed by atoms with E-state index in [9.17, 15) is 4.79 Å². The number of ether oxygens (including phenoxy) is 4. The number of unbranched alkanes of at least 4 members (excludes halogenated alkanes) is 1. The van der Waals surface area contributed by atoms with E-state index in [1.807, 2.05) is 0 Å². The van der Waals surface area contributed by atoms with E-state index in [0.717, 1.165) is 25.9 Å². The van der Waals surface area contributed by atoms with E-state index in [2.05, 4.69) is 18.6 Å². The lowest BCUT2D eigenvalue weighted by atomic mass is 10.3. The van der Waals surface area contributed by atoms with Gasteiger partial charge in [0.2, 0.25) is 0 Å². The van der Waals surface area contributed by atoms with Crippen molar-refractivity contribution in [2.75, 3.05) is 33.0 Å². The highest BCUT2D eigenvalue weighted by molar-refractivity contribution is 5.59. The van der Waals surface area contributed by atoms with Gasteiger partial charge in [0.1, 0.15) is 0 Å². The van der Waals surface area contributed by atoms with Crippen LogP contribution in [0.4, 0.5) is 4.79 Å². The smallest absolute Gasteiger partial charge is 0.435 e. The Balaban J connectivity index is 3.37. The summed E-state index contributed by atoms with van der Waals surface area (Å²) < 4.78 is 20.6. The van der Waals surface area contributed by atoms with Crippen LogP contribution in [-0.4, -0.2) is 45.3 Å². The van der Waals surface area contributed by atoms with Crippen LogP contribution in [0.25, 0.3) is 0 Å². The van der Waals surface area contributed by atoms with Gasteiger partial charge in [-0.05, 0) is 19.8 Å². The summed E-state index contributed by atoms with van der Waals surface area (Å²) in [6, 6.07) is 0. The van der Waals surface area contributed by atoms with Gasteiger partial charge in [-0.1, -0.05) is 20.3 Å². The predicted octanol–water partition coefficient (Wildman–Crippen LogP) is 3.16. The van der Waals surface area contributed by atoms with Crippen molar-refractivity contribution in [1.82, 2.24) is 0 Å². The van der Waals surface area contributed by atoms with Gasteiger partial charge in [0, 0.05) is 19.6 Å². The van der Waals surface area contributed by atoms with Crippen molar-refractivity contribution in [2.24, 2.45) is 0 Å². The van der Waals surface area contributed by atoms with Gasteiger partial charge in [-0.15, -0.1) is 0 Å². The molecule has 19 heavy (non-hydrogen) atoms. The van der Waals surface area contributed by atoms with Gasteiger partial charge < -0.3 is 18.9 Å². The Morgan fingerprint density at radius 2 is 1.79 bits per heavy atom. The second kappa shape index (κ2) is 13.6. The third-order valence-corrected chi connectivity index (χ3v) is 2.53. The summed E-state index contributed by atoms with van der Waals surface area (Å²) in [5, 5.41) is 0. The molecule has 0 bridgehead atoms. The zero-order valence-corrected chi connectivity index (χ0v) is 12.5. The molecule has 0 radical (unpaired) electrons. The molecule has 0 amide bonds. The number of hydrogen-bond acceptors (Lipinski definition) is 5. The Hall–Kier alpha value is -0.810. The molecule has 0 aromatic heterocycles. The van der Waals surface area contributed by atoms with Crippen molar-refractivity contribution in [3.8, 4) is 0 Å². The SMILES string of the molecule is CCCCOC(CC)COCCCOC(=O)OCC. The number of hydrogen-bond donors (Lipinski definition) is 0. The second-order valence-electron chi connectivity index (χ2n) is 4.21. The molecule has 0 saturated carbocycles. The van der Waals surface area contributed by atoms with Crippen LogP contribution in [0.3, 0.4) is 0 Å². The zero-order valence-electron chi connectivity index (χ0n) is 12.5. The van der Waals surface area contributed by atoms with Gasteiger partial charge >= 0.3 is 6.16 Å². The molecular weight excluding hydrogens is 248 g/mol. The molecule has 0 heterocycles. The fourth-order valence-electron chi connectivity index (χ4n) is 1.37. The molecule has 0 aliphatic carbocycles. The maximum Gasteiger partial charge on any atom is 0.508 e. The minimum atomic E-state index is -0.614. The lowest BCUT2D eigenvalue weighted by molar-refractivity contribution is -0.0229. The van der Waals surface area contributed by atoms with E-state index in [1.54, 1.807) is 6.92 Å². The van der Waals surface area contributed by atoms with Crippen molar-refractivity contribution in [3.63, 3.8) is 0 Å². The highest BCUT2D eigenvalue weighted by atomic mass is 16.7. The monoisotopic (exact) mass is 276 g/mol. The predicted molar refractivity (Wildman–Crippen MR) is 73.3 cm³/mol. The van der Waals surface area contributed by atoms with Crippen LogP contribution in [0.15, 0.2) is 0 Å². The van der Waals surface area contributed by atoms with Crippen LogP contribution in [0, 0.1) is 0 Å². The summed E-state index contributed by atoms with van der Waals surface area (Å²) in [5.74, 6) is 0. The lowest BCUT2D eigenvalue weighted by Crippen LogP contribution is -2.20. The molecule has 0 aromatic carbocycles. The van der Waals surface area contributed by atoms with Crippen molar-refractivity contribution in [2.45, 2.75) is 52.6 Å². The molecule has 0 spiro atoms. The largest absolute Gasteiger partial charge is 0.508 e. The van der Waals surface area contributed by atoms with Gasteiger partial charge in [-0.2, -0.15) is 0 Å². The third-order valence-electron chi connectivity index (χ3n) is 2.53. The molecule has 0 saturated heterocycles.